The van der Waals surface area contributed by atoms with Crippen molar-refractivity contribution in [2.24, 2.45) is 22.2 Å². The highest BCUT2D eigenvalue weighted by molar-refractivity contribution is 5.85. The number of oxime groups is 1. The lowest BCUT2D eigenvalue weighted by Crippen LogP contribution is -2.32. The van der Waals surface area contributed by atoms with Crippen LogP contribution in [0.5, 0.6) is 0 Å². The molecule has 0 aromatic rings. The Morgan fingerprint density at radius 2 is 1.94 bits per heavy atom. The maximum absolute atomic E-state index is 8.65. The molecule has 4 nitrogen and oxygen atoms in total. The van der Waals surface area contributed by atoms with Crippen molar-refractivity contribution >= 4 is 5.84 Å². The molecule has 0 atom stereocenters. The maximum Gasteiger partial charge on any atom is 0.144 e. The fraction of sp³-hybridized carbons (Fsp3) is 0.923. The van der Waals surface area contributed by atoms with Gasteiger partial charge in [-0.25, -0.2) is 0 Å². The summed E-state index contributed by atoms with van der Waals surface area (Å²) in [5, 5.41) is 15.2. The predicted molar refractivity (Wildman–Crippen MR) is 73.4 cm³/mol. The molecule has 0 aliphatic carbocycles. The lowest BCUT2D eigenvalue weighted by atomic mass is 9.86. The van der Waals surface area contributed by atoms with Gasteiger partial charge in [0.05, 0.1) is 0 Å². The number of nitrogens with zero attached hydrogens (tertiary/aromatic N) is 1. The van der Waals surface area contributed by atoms with Crippen molar-refractivity contribution in [3.8, 4) is 0 Å². The lowest BCUT2D eigenvalue weighted by molar-refractivity contribution is 0.304. The molecule has 0 saturated carbocycles. The molecule has 0 aliphatic heterocycles. The number of nitrogens with one attached hydrogen (secondary N) is 1. The molecule has 0 heterocycles. The van der Waals surface area contributed by atoms with Crippen LogP contribution in [0.15, 0.2) is 5.16 Å². The summed E-state index contributed by atoms with van der Waals surface area (Å²) in [5.74, 6) is 1.09. The number of hydrogen-bond acceptors (Lipinski definition) is 3. The van der Waals surface area contributed by atoms with Crippen molar-refractivity contribution < 1.29 is 5.21 Å². The molecule has 17 heavy (non-hydrogen) atoms. The zero-order valence-electron chi connectivity index (χ0n) is 11.8. The van der Waals surface area contributed by atoms with Gasteiger partial charge in [0.15, 0.2) is 0 Å². The summed E-state index contributed by atoms with van der Waals surface area (Å²) in [6, 6.07) is 0. The van der Waals surface area contributed by atoms with E-state index >= 15 is 0 Å². The average Bonchev–Trinajstić information content (AvgIpc) is 2.26. The second kappa shape index (κ2) is 8.34. The van der Waals surface area contributed by atoms with Crippen molar-refractivity contribution in [1.82, 2.24) is 5.32 Å². The Morgan fingerprint density at radius 3 is 2.47 bits per heavy atom. The average molecular weight is 243 g/mol. The SMILES string of the molecule is CC(C)CCNCCCCC(C)(C)C(N)=NO. The van der Waals surface area contributed by atoms with Crippen LogP contribution in [0, 0.1) is 11.3 Å². The summed E-state index contributed by atoms with van der Waals surface area (Å²) in [4.78, 5) is 0. The smallest absolute Gasteiger partial charge is 0.144 e. The summed E-state index contributed by atoms with van der Waals surface area (Å²) in [6.45, 7) is 10.6. The Hall–Kier alpha value is -0.770. The molecule has 102 valence electrons. The number of rotatable bonds is 9. The lowest BCUT2D eigenvalue weighted by Gasteiger charge is -2.22. The molecule has 0 unspecified atom stereocenters. The Kier molecular flexibility index (Phi) is 7.96. The topological polar surface area (TPSA) is 70.6 Å². The summed E-state index contributed by atoms with van der Waals surface area (Å²) in [6.07, 6.45) is 4.42. The first-order valence-corrected chi connectivity index (χ1v) is 6.59. The maximum atomic E-state index is 8.65. The third-order valence-corrected chi connectivity index (χ3v) is 3.10. The first kappa shape index (κ1) is 16.2. The highest BCUT2D eigenvalue weighted by atomic mass is 16.4. The minimum absolute atomic E-state index is 0.202. The van der Waals surface area contributed by atoms with Crippen molar-refractivity contribution in [3.05, 3.63) is 0 Å². The third-order valence-electron chi connectivity index (χ3n) is 3.10. The van der Waals surface area contributed by atoms with Gasteiger partial charge >= 0.3 is 0 Å². The minimum atomic E-state index is -0.202. The van der Waals surface area contributed by atoms with Gasteiger partial charge in [-0.05, 0) is 38.3 Å². The van der Waals surface area contributed by atoms with Crippen molar-refractivity contribution in [2.75, 3.05) is 13.1 Å². The van der Waals surface area contributed by atoms with Gasteiger partial charge in [0.1, 0.15) is 5.84 Å². The van der Waals surface area contributed by atoms with E-state index in [0.717, 1.165) is 38.3 Å². The largest absolute Gasteiger partial charge is 0.409 e. The van der Waals surface area contributed by atoms with Crippen LogP contribution in [-0.4, -0.2) is 24.1 Å². The van der Waals surface area contributed by atoms with Gasteiger partial charge in [-0.15, -0.1) is 0 Å². The van der Waals surface area contributed by atoms with E-state index in [2.05, 4.69) is 24.3 Å². The van der Waals surface area contributed by atoms with Gasteiger partial charge in [0, 0.05) is 5.41 Å². The zero-order chi connectivity index (χ0) is 13.3. The molecule has 0 aromatic heterocycles. The minimum Gasteiger partial charge on any atom is -0.409 e. The molecule has 0 aromatic carbocycles. The van der Waals surface area contributed by atoms with Crippen molar-refractivity contribution in [3.63, 3.8) is 0 Å². The van der Waals surface area contributed by atoms with Gasteiger partial charge < -0.3 is 16.3 Å². The van der Waals surface area contributed by atoms with Crippen LogP contribution in [-0.2, 0) is 0 Å². The fourth-order valence-electron chi connectivity index (χ4n) is 1.60. The fourth-order valence-corrected chi connectivity index (χ4v) is 1.60. The Bertz CT molecular complexity index is 225. The van der Waals surface area contributed by atoms with Crippen LogP contribution in [0.1, 0.15) is 53.4 Å². The molecule has 0 fully saturated rings. The zero-order valence-corrected chi connectivity index (χ0v) is 11.8. The van der Waals surface area contributed by atoms with E-state index < -0.39 is 0 Å². The summed E-state index contributed by atoms with van der Waals surface area (Å²) in [7, 11) is 0. The number of hydrogen-bond donors (Lipinski definition) is 3. The van der Waals surface area contributed by atoms with Gasteiger partial charge in [-0.3, -0.25) is 0 Å². The van der Waals surface area contributed by atoms with Gasteiger partial charge in [-0.1, -0.05) is 39.3 Å². The molecule has 4 N–H and O–H groups in total. The monoisotopic (exact) mass is 243 g/mol. The van der Waals surface area contributed by atoms with E-state index in [1.54, 1.807) is 0 Å². The molecule has 0 spiro atoms. The van der Waals surface area contributed by atoms with E-state index in [9.17, 15) is 0 Å². The van der Waals surface area contributed by atoms with Crippen LogP contribution in [0.3, 0.4) is 0 Å². The second-order valence-corrected chi connectivity index (χ2v) is 5.76. The molecule has 0 rings (SSSR count). The van der Waals surface area contributed by atoms with Crippen LogP contribution < -0.4 is 11.1 Å². The highest BCUT2D eigenvalue weighted by Crippen LogP contribution is 2.22. The summed E-state index contributed by atoms with van der Waals surface area (Å²) in [5.41, 5.74) is 5.43. The molecule has 0 radical (unpaired) electrons. The molecule has 4 heteroatoms. The van der Waals surface area contributed by atoms with Gasteiger partial charge in [-0.2, -0.15) is 0 Å². The predicted octanol–water partition coefficient (Wildman–Crippen LogP) is 2.56. The van der Waals surface area contributed by atoms with Crippen LogP contribution in [0.4, 0.5) is 0 Å². The summed E-state index contributed by atoms with van der Waals surface area (Å²) >= 11 is 0. The quantitative estimate of drug-likeness (QED) is 0.192. The van der Waals surface area contributed by atoms with E-state index in [0.29, 0.717) is 5.84 Å². The van der Waals surface area contributed by atoms with E-state index in [-0.39, 0.29) is 5.41 Å². The highest BCUT2D eigenvalue weighted by Gasteiger charge is 2.22. The van der Waals surface area contributed by atoms with E-state index in [1.807, 2.05) is 13.8 Å². The first-order chi connectivity index (χ1) is 7.90. The standard InChI is InChI=1S/C13H29N3O/c1-11(2)7-10-15-9-6-5-8-13(3,4)12(14)16-17/h11,15,17H,5-10H2,1-4H3,(H2,14,16). The Morgan fingerprint density at radius 1 is 1.29 bits per heavy atom. The number of unbranched alkanes of at least 4 members (excludes halogenated alkanes) is 1. The molecule has 0 aliphatic rings. The van der Waals surface area contributed by atoms with Crippen molar-refractivity contribution in [1.29, 1.82) is 0 Å². The molecular formula is C13H29N3O. The molecule has 0 saturated heterocycles. The molecule has 0 bridgehead atoms. The molecular weight excluding hydrogens is 214 g/mol. The Labute approximate surface area is 106 Å². The van der Waals surface area contributed by atoms with E-state index in [4.69, 9.17) is 10.9 Å². The third kappa shape index (κ3) is 8.02. The summed E-state index contributed by atoms with van der Waals surface area (Å²) < 4.78 is 0. The van der Waals surface area contributed by atoms with Crippen LogP contribution >= 0.6 is 0 Å². The Balaban J connectivity index is 3.52. The van der Waals surface area contributed by atoms with Crippen LogP contribution in [0.2, 0.25) is 0 Å². The van der Waals surface area contributed by atoms with Crippen molar-refractivity contribution in [2.45, 2.75) is 53.4 Å². The number of amidine groups is 1. The number of nitrogens with two attached hydrogens (primary N) is 1. The first-order valence-electron chi connectivity index (χ1n) is 6.59. The van der Waals surface area contributed by atoms with Gasteiger partial charge in [0.2, 0.25) is 0 Å². The molecule has 0 amide bonds. The van der Waals surface area contributed by atoms with Crippen LogP contribution in [0.25, 0.3) is 0 Å². The van der Waals surface area contributed by atoms with Gasteiger partial charge in [0.25, 0.3) is 0 Å². The normalized spacial score (nSPS) is 13.4. The van der Waals surface area contributed by atoms with E-state index in [1.165, 1.54) is 6.42 Å². The second-order valence-electron chi connectivity index (χ2n) is 5.76.